The Bertz CT molecular complexity index is 1340. The van der Waals surface area contributed by atoms with Gasteiger partial charge >= 0.3 is 0 Å². The van der Waals surface area contributed by atoms with Crippen LogP contribution in [0.3, 0.4) is 0 Å². The van der Waals surface area contributed by atoms with Gasteiger partial charge in [0.25, 0.3) is 0 Å². The summed E-state index contributed by atoms with van der Waals surface area (Å²) in [5, 5.41) is 12.0. The van der Waals surface area contributed by atoms with E-state index in [2.05, 4.69) is 54.2 Å². The van der Waals surface area contributed by atoms with Crippen molar-refractivity contribution in [1.29, 1.82) is 0 Å². The lowest BCUT2D eigenvalue weighted by Gasteiger charge is -2.38. The van der Waals surface area contributed by atoms with E-state index in [4.69, 9.17) is 14.7 Å². The highest BCUT2D eigenvalue weighted by molar-refractivity contribution is 5.93. The number of morpholine rings is 1. The van der Waals surface area contributed by atoms with Crippen LogP contribution in [0.25, 0.3) is 27.8 Å². The van der Waals surface area contributed by atoms with Crippen molar-refractivity contribution in [3.05, 3.63) is 42.5 Å². The number of anilines is 1. The smallest absolute Gasteiger partial charge is 0.180 e. The number of piperidine rings is 1. The van der Waals surface area contributed by atoms with Gasteiger partial charge in [-0.05, 0) is 50.4 Å². The first-order valence-electron chi connectivity index (χ1n) is 12.8. The highest BCUT2D eigenvalue weighted by Crippen LogP contribution is 2.37. The van der Waals surface area contributed by atoms with Gasteiger partial charge in [0.2, 0.25) is 0 Å². The number of nitrogens with zero attached hydrogens (tertiary/aromatic N) is 6. The zero-order chi connectivity index (χ0) is 23.2. The van der Waals surface area contributed by atoms with Gasteiger partial charge in [-0.15, -0.1) is 0 Å². The Morgan fingerprint density at radius 1 is 1.00 bits per heavy atom. The molecule has 9 nitrogen and oxygen atoms in total. The van der Waals surface area contributed by atoms with Crippen LogP contribution in [0.2, 0.25) is 0 Å². The Labute approximate surface area is 204 Å². The molecule has 0 unspecified atom stereocenters. The van der Waals surface area contributed by atoms with E-state index in [1.165, 1.54) is 32.4 Å². The predicted molar refractivity (Wildman–Crippen MR) is 136 cm³/mol. The van der Waals surface area contributed by atoms with E-state index >= 15 is 0 Å². The standard InChI is InChI=1S/C26H32N8O/c1-2-20(21-14-28-31-22(21)3-1)23-17-34-16-19(15-32-8-5-26(6-9-32)4-7-27-18-26)29-24(34)25(30-23)33-10-12-35-13-11-33/h1-3,14,16-17,27H,4-13,15,18H2,(H,28,31). The van der Waals surface area contributed by atoms with E-state index in [9.17, 15) is 0 Å². The second-order valence-electron chi connectivity index (χ2n) is 10.4. The Hall–Kier alpha value is -3.01. The molecular weight excluding hydrogens is 440 g/mol. The van der Waals surface area contributed by atoms with Crippen molar-refractivity contribution in [2.24, 2.45) is 5.41 Å². The van der Waals surface area contributed by atoms with Gasteiger partial charge < -0.3 is 19.4 Å². The van der Waals surface area contributed by atoms with Gasteiger partial charge in [-0.1, -0.05) is 12.1 Å². The summed E-state index contributed by atoms with van der Waals surface area (Å²) in [5.41, 5.74) is 5.60. The minimum atomic E-state index is 0.534. The average Bonchev–Trinajstić information content (AvgIpc) is 3.65. The molecule has 0 amide bonds. The molecule has 0 radical (unpaired) electrons. The van der Waals surface area contributed by atoms with Crippen LogP contribution >= 0.6 is 0 Å². The summed E-state index contributed by atoms with van der Waals surface area (Å²) in [4.78, 5) is 15.1. The van der Waals surface area contributed by atoms with Crippen molar-refractivity contribution in [2.45, 2.75) is 25.8 Å². The first-order chi connectivity index (χ1) is 17.3. The van der Waals surface area contributed by atoms with E-state index < -0.39 is 0 Å². The number of likely N-dealkylation sites (tertiary alicyclic amines) is 1. The van der Waals surface area contributed by atoms with Gasteiger partial charge in [0.15, 0.2) is 11.5 Å². The number of ether oxygens (including phenoxy) is 1. The maximum atomic E-state index is 5.62. The van der Waals surface area contributed by atoms with Crippen molar-refractivity contribution >= 4 is 22.4 Å². The number of imidazole rings is 1. The monoisotopic (exact) mass is 472 g/mol. The predicted octanol–water partition coefficient (Wildman–Crippen LogP) is 2.68. The zero-order valence-electron chi connectivity index (χ0n) is 20.0. The lowest BCUT2D eigenvalue weighted by Crippen LogP contribution is -2.40. The molecule has 6 heterocycles. The fourth-order valence-electron chi connectivity index (χ4n) is 6.05. The van der Waals surface area contributed by atoms with Gasteiger partial charge in [0.05, 0.1) is 36.3 Å². The van der Waals surface area contributed by atoms with E-state index in [1.54, 1.807) is 0 Å². The highest BCUT2D eigenvalue weighted by Gasteiger charge is 2.37. The summed E-state index contributed by atoms with van der Waals surface area (Å²) in [6, 6.07) is 6.22. The minimum absolute atomic E-state index is 0.534. The SMILES string of the molecule is c1cc(-c2cn3cc(CN4CCC5(CCNC5)CC4)nc3c(N3CCOCC3)n2)c2cn[nH]c2c1. The van der Waals surface area contributed by atoms with Crippen molar-refractivity contribution in [3.8, 4) is 11.3 Å². The Balaban J connectivity index is 1.24. The number of benzene rings is 1. The van der Waals surface area contributed by atoms with Gasteiger partial charge in [-0.2, -0.15) is 5.10 Å². The van der Waals surface area contributed by atoms with Crippen LogP contribution in [0.5, 0.6) is 0 Å². The molecule has 3 fully saturated rings. The fourth-order valence-corrected chi connectivity index (χ4v) is 6.05. The number of aromatic amines is 1. The molecule has 4 aromatic rings. The van der Waals surface area contributed by atoms with E-state index in [0.717, 1.165) is 72.0 Å². The Kier molecular flexibility index (Phi) is 5.22. The van der Waals surface area contributed by atoms with Crippen LogP contribution in [0, 0.1) is 5.41 Å². The van der Waals surface area contributed by atoms with Crippen molar-refractivity contribution < 1.29 is 4.74 Å². The van der Waals surface area contributed by atoms with Crippen molar-refractivity contribution in [2.75, 3.05) is 57.4 Å². The summed E-state index contributed by atoms with van der Waals surface area (Å²) >= 11 is 0. The molecule has 3 aliphatic rings. The normalized spacial score (nSPS) is 21.0. The maximum Gasteiger partial charge on any atom is 0.180 e. The van der Waals surface area contributed by atoms with Crippen LogP contribution in [0.1, 0.15) is 25.0 Å². The number of nitrogens with one attached hydrogen (secondary N) is 2. The number of aromatic nitrogens is 5. The quantitative estimate of drug-likeness (QED) is 0.472. The molecule has 3 aromatic heterocycles. The fraction of sp³-hybridized carbons (Fsp3) is 0.500. The molecule has 3 saturated heterocycles. The van der Waals surface area contributed by atoms with Crippen LogP contribution in [0.4, 0.5) is 5.82 Å². The molecule has 0 bridgehead atoms. The molecule has 7 rings (SSSR count). The third kappa shape index (κ3) is 3.87. The number of H-pyrrole nitrogens is 1. The zero-order valence-corrected chi connectivity index (χ0v) is 20.0. The van der Waals surface area contributed by atoms with Crippen molar-refractivity contribution in [3.63, 3.8) is 0 Å². The second-order valence-corrected chi connectivity index (χ2v) is 10.4. The van der Waals surface area contributed by atoms with E-state index in [-0.39, 0.29) is 0 Å². The third-order valence-corrected chi connectivity index (χ3v) is 8.18. The lowest BCUT2D eigenvalue weighted by atomic mass is 9.78. The van der Waals surface area contributed by atoms with Gasteiger partial charge in [0, 0.05) is 49.5 Å². The lowest BCUT2D eigenvalue weighted by molar-refractivity contribution is 0.113. The first-order valence-corrected chi connectivity index (χ1v) is 12.8. The molecule has 35 heavy (non-hydrogen) atoms. The molecular formula is C26H32N8O. The Morgan fingerprint density at radius 3 is 2.71 bits per heavy atom. The molecule has 1 spiro atoms. The largest absolute Gasteiger partial charge is 0.378 e. The molecule has 0 saturated carbocycles. The topological polar surface area (TPSA) is 86.6 Å². The summed E-state index contributed by atoms with van der Waals surface area (Å²) < 4.78 is 7.79. The van der Waals surface area contributed by atoms with Gasteiger partial charge in [-0.3, -0.25) is 10.00 Å². The minimum Gasteiger partial charge on any atom is -0.378 e. The molecule has 2 N–H and O–H groups in total. The number of fused-ring (bicyclic) bond motifs is 2. The van der Waals surface area contributed by atoms with Crippen LogP contribution in [0.15, 0.2) is 36.8 Å². The first kappa shape index (κ1) is 21.3. The second kappa shape index (κ2) is 8.58. The number of hydrogen-bond acceptors (Lipinski definition) is 7. The summed E-state index contributed by atoms with van der Waals surface area (Å²) in [6.45, 7) is 8.64. The summed E-state index contributed by atoms with van der Waals surface area (Å²) in [7, 11) is 0. The third-order valence-electron chi connectivity index (χ3n) is 8.18. The average molecular weight is 473 g/mol. The van der Waals surface area contributed by atoms with E-state index in [0.29, 0.717) is 18.6 Å². The number of rotatable bonds is 4. The molecule has 3 aliphatic heterocycles. The van der Waals surface area contributed by atoms with Gasteiger partial charge in [-0.25, -0.2) is 9.97 Å². The summed E-state index contributed by atoms with van der Waals surface area (Å²) in [5.74, 6) is 0.937. The van der Waals surface area contributed by atoms with Gasteiger partial charge in [0.1, 0.15) is 0 Å². The van der Waals surface area contributed by atoms with Crippen molar-refractivity contribution in [1.82, 2.24) is 34.8 Å². The molecule has 182 valence electrons. The van der Waals surface area contributed by atoms with E-state index in [1.807, 2.05) is 12.3 Å². The van der Waals surface area contributed by atoms with Crippen LogP contribution < -0.4 is 10.2 Å². The highest BCUT2D eigenvalue weighted by atomic mass is 16.5. The molecule has 1 aromatic carbocycles. The van der Waals surface area contributed by atoms with Crippen LogP contribution in [-0.2, 0) is 11.3 Å². The van der Waals surface area contributed by atoms with Crippen LogP contribution in [-0.4, -0.2) is 81.9 Å². The molecule has 9 heteroatoms. The summed E-state index contributed by atoms with van der Waals surface area (Å²) in [6.07, 6.45) is 10.1. The molecule has 0 atom stereocenters. The molecule has 0 aliphatic carbocycles. The number of hydrogen-bond donors (Lipinski definition) is 2. The maximum absolute atomic E-state index is 5.62. The Morgan fingerprint density at radius 2 is 1.89 bits per heavy atom.